The van der Waals surface area contributed by atoms with Crippen molar-refractivity contribution in [2.45, 2.75) is 51.9 Å². The molecule has 0 radical (unpaired) electrons. The van der Waals surface area contributed by atoms with Gasteiger partial charge < -0.3 is 9.64 Å². The summed E-state index contributed by atoms with van der Waals surface area (Å²) in [5.41, 5.74) is 0. The fraction of sp³-hybridized carbons (Fsp3) is 0.733. The molecule has 1 saturated heterocycles. The number of nitrogens with zero attached hydrogens (tertiary/aromatic N) is 3. The molecule has 0 atom stereocenters. The van der Waals surface area contributed by atoms with Crippen LogP contribution in [-0.4, -0.2) is 46.7 Å². The quantitative estimate of drug-likeness (QED) is 0.749. The van der Waals surface area contributed by atoms with E-state index in [1.165, 1.54) is 0 Å². The molecule has 0 N–H and O–H groups in total. The molecule has 1 amide bonds. The molecule has 22 heavy (non-hydrogen) atoms. The minimum absolute atomic E-state index is 0.0398. The number of hydrogen-bond acceptors (Lipinski definition) is 6. The number of piperidine rings is 1. The van der Waals surface area contributed by atoms with E-state index in [9.17, 15) is 9.59 Å². The van der Waals surface area contributed by atoms with E-state index in [4.69, 9.17) is 4.74 Å². The molecule has 0 saturated carbocycles. The van der Waals surface area contributed by atoms with Gasteiger partial charge in [0.05, 0.1) is 13.0 Å². The van der Waals surface area contributed by atoms with Gasteiger partial charge in [-0.25, -0.2) is 0 Å². The second kappa shape index (κ2) is 8.22. The number of amides is 1. The smallest absolute Gasteiger partial charge is 0.306 e. The first-order valence-corrected chi connectivity index (χ1v) is 8.71. The molecule has 7 heteroatoms. The summed E-state index contributed by atoms with van der Waals surface area (Å²) in [7, 11) is 0. The Morgan fingerprint density at radius 2 is 1.95 bits per heavy atom. The predicted octanol–water partition coefficient (Wildman–Crippen LogP) is 2.15. The van der Waals surface area contributed by atoms with Crippen LogP contribution < -0.4 is 0 Å². The first-order chi connectivity index (χ1) is 10.6. The van der Waals surface area contributed by atoms with Crippen molar-refractivity contribution in [3.8, 4) is 0 Å². The Kier molecular flexibility index (Phi) is 6.30. The number of ether oxygens (including phenoxy) is 1. The number of esters is 1. The summed E-state index contributed by atoms with van der Waals surface area (Å²) < 4.78 is 4.84. The van der Waals surface area contributed by atoms with Crippen molar-refractivity contribution < 1.29 is 14.3 Å². The zero-order valence-corrected chi connectivity index (χ0v) is 14.0. The van der Waals surface area contributed by atoms with E-state index in [2.05, 4.69) is 17.1 Å². The third-order valence-electron chi connectivity index (χ3n) is 3.83. The molecule has 122 valence electrons. The Labute approximate surface area is 134 Å². The summed E-state index contributed by atoms with van der Waals surface area (Å²) in [5.74, 6) is 0.150. The van der Waals surface area contributed by atoms with E-state index < -0.39 is 0 Å². The maximum Gasteiger partial charge on any atom is 0.306 e. The number of hydrogen-bond donors (Lipinski definition) is 0. The maximum absolute atomic E-state index is 12.1. The van der Waals surface area contributed by atoms with E-state index in [0.717, 1.165) is 42.4 Å². The lowest BCUT2D eigenvalue weighted by Gasteiger charge is -2.31. The van der Waals surface area contributed by atoms with Crippen LogP contribution in [0.4, 0.5) is 0 Å². The summed E-state index contributed by atoms with van der Waals surface area (Å²) in [4.78, 5) is 25.2. The summed E-state index contributed by atoms with van der Waals surface area (Å²) in [6.07, 6.45) is 3.17. The van der Waals surface area contributed by atoms with Crippen molar-refractivity contribution in [1.82, 2.24) is 15.1 Å². The lowest BCUT2D eigenvalue weighted by atomic mass is 9.97. The van der Waals surface area contributed by atoms with Gasteiger partial charge in [-0.3, -0.25) is 9.59 Å². The van der Waals surface area contributed by atoms with Crippen LogP contribution in [0.15, 0.2) is 0 Å². The van der Waals surface area contributed by atoms with Crippen molar-refractivity contribution in [2.75, 3.05) is 19.7 Å². The standard InChI is InChI=1S/C15H23N3O3S/c1-3-12-16-17-15(22-12)11-7-9-18(10-8-11)13(19)5-6-14(20)21-4-2/h11H,3-10H2,1-2H3. The molecule has 0 spiro atoms. The fourth-order valence-electron chi connectivity index (χ4n) is 2.55. The van der Waals surface area contributed by atoms with Crippen molar-refractivity contribution in [3.05, 3.63) is 10.0 Å². The van der Waals surface area contributed by atoms with Crippen LogP contribution in [-0.2, 0) is 20.7 Å². The molecule has 1 aliphatic rings. The lowest BCUT2D eigenvalue weighted by molar-refractivity contribution is -0.145. The highest BCUT2D eigenvalue weighted by molar-refractivity contribution is 7.11. The van der Waals surface area contributed by atoms with E-state index in [1.54, 1.807) is 18.3 Å². The minimum atomic E-state index is -0.299. The van der Waals surface area contributed by atoms with Gasteiger partial charge in [-0.05, 0) is 26.2 Å². The fourth-order valence-corrected chi connectivity index (χ4v) is 3.50. The van der Waals surface area contributed by atoms with Crippen molar-refractivity contribution in [3.63, 3.8) is 0 Å². The van der Waals surface area contributed by atoms with Gasteiger partial charge in [0.15, 0.2) is 0 Å². The van der Waals surface area contributed by atoms with E-state index in [0.29, 0.717) is 12.5 Å². The monoisotopic (exact) mass is 325 g/mol. The highest BCUT2D eigenvalue weighted by atomic mass is 32.1. The Morgan fingerprint density at radius 3 is 2.55 bits per heavy atom. The van der Waals surface area contributed by atoms with Crippen LogP contribution >= 0.6 is 11.3 Å². The molecule has 0 bridgehead atoms. The molecule has 0 aliphatic carbocycles. The average Bonchev–Trinajstić information content (AvgIpc) is 3.02. The SMILES string of the molecule is CCOC(=O)CCC(=O)N1CCC(c2nnc(CC)s2)CC1. The van der Waals surface area contributed by atoms with Crippen molar-refractivity contribution in [1.29, 1.82) is 0 Å². The van der Waals surface area contributed by atoms with Crippen LogP contribution in [0.3, 0.4) is 0 Å². The average molecular weight is 325 g/mol. The van der Waals surface area contributed by atoms with Gasteiger partial charge >= 0.3 is 5.97 Å². The predicted molar refractivity (Wildman–Crippen MR) is 83.7 cm³/mol. The Bertz CT molecular complexity index is 510. The summed E-state index contributed by atoms with van der Waals surface area (Å²) in [6, 6.07) is 0. The van der Waals surface area contributed by atoms with Crippen LogP contribution in [0.2, 0.25) is 0 Å². The highest BCUT2D eigenvalue weighted by Crippen LogP contribution is 2.30. The number of aryl methyl sites for hydroxylation is 1. The largest absolute Gasteiger partial charge is 0.466 e. The number of rotatable bonds is 6. The molecule has 0 unspecified atom stereocenters. The van der Waals surface area contributed by atoms with Gasteiger partial charge in [-0.15, -0.1) is 21.5 Å². The molecule has 0 aromatic carbocycles. The first kappa shape index (κ1) is 16.9. The summed E-state index contributed by atoms with van der Waals surface area (Å²) in [6.45, 7) is 5.66. The van der Waals surface area contributed by atoms with E-state index >= 15 is 0 Å². The van der Waals surface area contributed by atoms with Gasteiger partial charge in [-0.1, -0.05) is 6.92 Å². The number of carbonyl (C=O) groups is 2. The van der Waals surface area contributed by atoms with Crippen molar-refractivity contribution >= 4 is 23.2 Å². The molecule has 1 aromatic heterocycles. The summed E-state index contributed by atoms with van der Waals surface area (Å²) >= 11 is 1.68. The van der Waals surface area contributed by atoms with Gasteiger partial charge in [0, 0.05) is 25.4 Å². The molecule has 6 nitrogen and oxygen atoms in total. The molecule has 1 aliphatic heterocycles. The van der Waals surface area contributed by atoms with Gasteiger partial charge in [0.25, 0.3) is 0 Å². The summed E-state index contributed by atoms with van der Waals surface area (Å²) in [5, 5.41) is 10.6. The Balaban J connectivity index is 1.76. The number of aromatic nitrogens is 2. The van der Waals surface area contributed by atoms with Gasteiger partial charge in [-0.2, -0.15) is 0 Å². The van der Waals surface area contributed by atoms with E-state index in [1.807, 2.05) is 4.90 Å². The molecular formula is C15H23N3O3S. The van der Waals surface area contributed by atoms with E-state index in [-0.39, 0.29) is 24.7 Å². The van der Waals surface area contributed by atoms with Crippen molar-refractivity contribution in [2.24, 2.45) is 0 Å². The van der Waals surface area contributed by atoms with Gasteiger partial charge in [0.2, 0.25) is 5.91 Å². The Morgan fingerprint density at radius 1 is 1.23 bits per heavy atom. The maximum atomic E-state index is 12.1. The second-order valence-electron chi connectivity index (χ2n) is 5.35. The van der Waals surface area contributed by atoms with Crippen LogP contribution in [0.1, 0.15) is 55.5 Å². The van der Waals surface area contributed by atoms with Crippen LogP contribution in [0.25, 0.3) is 0 Å². The van der Waals surface area contributed by atoms with Crippen LogP contribution in [0.5, 0.6) is 0 Å². The number of likely N-dealkylation sites (tertiary alicyclic amines) is 1. The first-order valence-electron chi connectivity index (χ1n) is 7.89. The third-order valence-corrected chi connectivity index (χ3v) is 5.06. The normalized spacial score (nSPS) is 15.8. The second-order valence-corrected chi connectivity index (χ2v) is 6.44. The lowest BCUT2D eigenvalue weighted by Crippen LogP contribution is -2.38. The molecule has 1 aromatic rings. The number of carbonyl (C=O) groups excluding carboxylic acids is 2. The molecule has 2 heterocycles. The highest BCUT2D eigenvalue weighted by Gasteiger charge is 2.26. The zero-order valence-electron chi connectivity index (χ0n) is 13.2. The minimum Gasteiger partial charge on any atom is -0.466 e. The molecular weight excluding hydrogens is 302 g/mol. The van der Waals surface area contributed by atoms with Gasteiger partial charge in [0.1, 0.15) is 10.0 Å². The topological polar surface area (TPSA) is 72.4 Å². The third kappa shape index (κ3) is 4.50. The molecule has 2 rings (SSSR count). The zero-order chi connectivity index (χ0) is 15.9. The molecule has 1 fully saturated rings. The van der Waals surface area contributed by atoms with Crippen LogP contribution in [0, 0.1) is 0 Å². The Hall–Kier alpha value is -1.50.